The van der Waals surface area contributed by atoms with Gasteiger partial charge in [0.25, 0.3) is 0 Å². The second kappa shape index (κ2) is 11.5. The van der Waals surface area contributed by atoms with Gasteiger partial charge in [0.2, 0.25) is 0 Å². The van der Waals surface area contributed by atoms with Crippen LogP contribution in [-0.2, 0) is 0 Å². The summed E-state index contributed by atoms with van der Waals surface area (Å²) in [5, 5.41) is 0. The molecule has 2 heteroatoms. The van der Waals surface area contributed by atoms with Gasteiger partial charge in [0.05, 0.1) is 13.2 Å². The van der Waals surface area contributed by atoms with E-state index in [9.17, 15) is 0 Å². The fraction of sp³-hybridized carbons (Fsp3) is 0.842. The summed E-state index contributed by atoms with van der Waals surface area (Å²) in [6.45, 7) is 22.3. The number of hydrogen-bond acceptors (Lipinski definition) is 2. The number of fused-ring (bicyclic) bond motifs is 5. The van der Waals surface area contributed by atoms with Crippen molar-refractivity contribution in [2.75, 3.05) is 7.11 Å². The number of hydrogen-bond donors (Lipinski definition) is 0. The predicted molar refractivity (Wildman–Crippen MR) is 169 cm³/mol. The van der Waals surface area contributed by atoms with Gasteiger partial charge in [-0.25, -0.2) is 0 Å². The maximum Gasteiger partial charge on any atom is 0.126 e. The zero-order valence-electron chi connectivity index (χ0n) is 27.8. The molecule has 2 nitrogen and oxygen atoms in total. The van der Waals surface area contributed by atoms with Crippen molar-refractivity contribution in [3.63, 3.8) is 0 Å². The van der Waals surface area contributed by atoms with Gasteiger partial charge in [-0.15, -0.1) is 0 Å². The predicted octanol–water partition coefficient (Wildman–Crippen LogP) is 10.7. The summed E-state index contributed by atoms with van der Waals surface area (Å²) >= 11 is 0. The Kier molecular flexibility index (Phi) is 8.69. The number of aryl methyl sites for hydroxylation is 2. The first-order valence-electron chi connectivity index (χ1n) is 17.2. The first kappa shape index (κ1) is 30.3. The number of rotatable bonds is 8. The van der Waals surface area contributed by atoms with Crippen LogP contribution in [0, 0.1) is 77.9 Å². The van der Waals surface area contributed by atoms with E-state index in [4.69, 9.17) is 9.47 Å². The van der Waals surface area contributed by atoms with Crippen LogP contribution in [-0.4, -0.2) is 13.2 Å². The zero-order chi connectivity index (χ0) is 29.0. The molecule has 11 unspecified atom stereocenters. The Morgan fingerprint density at radius 2 is 1.50 bits per heavy atom. The lowest BCUT2D eigenvalue weighted by atomic mass is 9.42. The van der Waals surface area contributed by atoms with Gasteiger partial charge in [0, 0.05) is 6.07 Å². The molecular weight excluding hydrogens is 488 g/mol. The molecule has 0 saturated heterocycles. The van der Waals surface area contributed by atoms with Gasteiger partial charge >= 0.3 is 0 Å². The van der Waals surface area contributed by atoms with Crippen LogP contribution in [0.15, 0.2) is 12.1 Å². The Labute approximate surface area is 247 Å². The lowest BCUT2D eigenvalue weighted by Crippen LogP contribution is -2.57. The molecule has 5 rings (SSSR count). The largest absolute Gasteiger partial charge is 0.496 e. The van der Waals surface area contributed by atoms with E-state index in [2.05, 4.69) is 74.4 Å². The molecule has 1 aromatic rings. The minimum Gasteiger partial charge on any atom is -0.496 e. The maximum absolute atomic E-state index is 6.75. The van der Waals surface area contributed by atoms with Crippen LogP contribution in [0.2, 0.25) is 0 Å². The van der Waals surface area contributed by atoms with Crippen LogP contribution in [0.1, 0.15) is 124 Å². The Morgan fingerprint density at radius 3 is 2.20 bits per heavy atom. The van der Waals surface area contributed by atoms with Crippen LogP contribution in [0.25, 0.3) is 0 Å². The van der Waals surface area contributed by atoms with Gasteiger partial charge in [-0.3, -0.25) is 0 Å². The van der Waals surface area contributed by atoms with E-state index in [0.717, 1.165) is 64.8 Å². The highest BCUT2D eigenvalue weighted by molar-refractivity contribution is 5.45. The molecule has 0 radical (unpaired) electrons. The van der Waals surface area contributed by atoms with Crippen LogP contribution in [0.4, 0.5) is 0 Å². The van der Waals surface area contributed by atoms with Gasteiger partial charge in [-0.2, -0.15) is 0 Å². The van der Waals surface area contributed by atoms with Crippen molar-refractivity contribution in [2.45, 2.75) is 133 Å². The topological polar surface area (TPSA) is 18.5 Å². The van der Waals surface area contributed by atoms with E-state index in [1.54, 1.807) is 7.11 Å². The lowest BCUT2D eigenvalue weighted by molar-refractivity contribution is -0.148. The highest BCUT2D eigenvalue weighted by atomic mass is 16.5. The highest BCUT2D eigenvalue weighted by Gasteiger charge is 2.62. The van der Waals surface area contributed by atoms with Gasteiger partial charge in [-0.1, -0.05) is 61.3 Å². The van der Waals surface area contributed by atoms with Crippen LogP contribution < -0.4 is 9.47 Å². The summed E-state index contributed by atoms with van der Waals surface area (Å²) in [5.74, 6) is 9.91. The normalized spacial score (nSPS) is 40.6. The van der Waals surface area contributed by atoms with Gasteiger partial charge in [0.1, 0.15) is 11.5 Å². The molecule has 4 saturated carbocycles. The van der Waals surface area contributed by atoms with Crippen LogP contribution >= 0.6 is 0 Å². The van der Waals surface area contributed by atoms with E-state index in [0.29, 0.717) is 16.9 Å². The molecule has 0 heterocycles. The van der Waals surface area contributed by atoms with Crippen molar-refractivity contribution in [2.24, 2.45) is 64.1 Å². The minimum absolute atomic E-state index is 0.340. The van der Waals surface area contributed by atoms with Crippen molar-refractivity contribution < 1.29 is 9.47 Å². The van der Waals surface area contributed by atoms with Crippen LogP contribution in [0.5, 0.6) is 11.5 Å². The molecule has 11 atom stereocenters. The first-order valence-corrected chi connectivity index (χ1v) is 17.2. The average molecular weight is 551 g/mol. The molecule has 0 aromatic heterocycles. The standard InChI is InChI=1S/C38H62O2/c1-23(2)24(3)11-12-25(4)31-13-14-32-36-28(7)20-29-21-30(40-35-22-34(39-10)26(5)19-27(35)6)15-17-37(29,8)33(36)16-18-38(31,32)9/h19,22-25,28-33,36H,11-18,20-21H2,1-10H3. The summed E-state index contributed by atoms with van der Waals surface area (Å²) in [6.07, 6.45) is 14.3. The van der Waals surface area contributed by atoms with Crippen LogP contribution in [0.3, 0.4) is 0 Å². The molecule has 4 aliphatic rings. The fourth-order valence-electron chi connectivity index (χ4n) is 11.1. The van der Waals surface area contributed by atoms with E-state index in [1.165, 1.54) is 75.3 Å². The number of benzene rings is 1. The molecule has 226 valence electrons. The van der Waals surface area contributed by atoms with Gasteiger partial charge in [0.15, 0.2) is 0 Å². The summed E-state index contributed by atoms with van der Waals surface area (Å²) in [7, 11) is 1.77. The fourth-order valence-corrected chi connectivity index (χ4v) is 11.1. The Morgan fingerprint density at radius 1 is 0.825 bits per heavy atom. The third-order valence-electron chi connectivity index (χ3n) is 13.9. The zero-order valence-corrected chi connectivity index (χ0v) is 27.8. The van der Waals surface area contributed by atoms with E-state index in [-0.39, 0.29) is 0 Å². The summed E-state index contributed by atoms with van der Waals surface area (Å²) < 4.78 is 12.4. The molecule has 0 aliphatic heterocycles. The van der Waals surface area contributed by atoms with E-state index < -0.39 is 0 Å². The van der Waals surface area contributed by atoms with Crippen molar-refractivity contribution in [1.82, 2.24) is 0 Å². The van der Waals surface area contributed by atoms with E-state index in [1.807, 2.05) is 0 Å². The number of methoxy groups -OCH3 is 1. The van der Waals surface area contributed by atoms with Crippen molar-refractivity contribution >= 4 is 0 Å². The second-order valence-corrected chi connectivity index (χ2v) is 16.3. The SMILES string of the molecule is COc1cc(OC2CCC3(C)C(C2)CC(C)C2C3CCC3(C)C(C(C)CCC(C)C(C)C)CCC23)c(C)cc1C. The average Bonchev–Trinajstić information content (AvgIpc) is 3.26. The third-order valence-corrected chi connectivity index (χ3v) is 13.9. The van der Waals surface area contributed by atoms with Crippen molar-refractivity contribution in [1.29, 1.82) is 0 Å². The molecule has 0 bridgehead atoms. The van der Waals surface area contributed by atoms with Crippen molar-refractivity contribution in [3.8, 4) is 11.5 Å². The molecule has 4 aliphatic carbocycles. The van der Waals surface area contributed by atoms with E-state index >= 15 is 0 Å². The molecule has 4 fully saturated rings. The summed E-state index contributed by atoms with van der Waals surface area (Å²) in [6, 6.07) is 4.34. The molecule has 0 N–H and O–H groups in total. The molecule has 0 spiro atoms. The molecule has 0 amide bonds. The van der Waals surface area contributed by atoms with Crippen molar-refractivity contribution in [3.05, 3.63) is 23.3 Å². The Balaban J connectivity index is 1.28. The van der Waals surface area contributed by atoms with Gasteiger partial charge < -0.3 is 9.47 Å². The Hall–Kier alpha value is -1.18. The molecular formula is C38H62O2. The number of ether oxygens (including phenoxy) is 2. The Bertz CT molecular complexity index is 1030. The monoisotopic (exact) mass is 550 g/mol. The first-order chi connectivity index (χ1) is 18.9. The minimum atomic E-state index is 0.340. The molecule has 40 heavy (non-hydrogen) atoms. The maximum atomic E-state index is 6.75. The molecule has 1 aromatic carbocycles. The highest BCUT2D eigenvalue weighted by Crippen LogP contribution is 2.69. The smallest absolute Gasteiger partial charge is 0.126 e. The summed E-state index contributed by atoms with van der Waals surface area (Å²) in [5.41, 5.74) is 3.49. The lowest BCUT2D eigenvalue weighted by Gasteiger charge is -2.63. The van der Waals surface area contributed by atoms with Gasteiger partial charge in [-0.05, 0) is 146 Å². The third kappa shape index (κ3) is 5.25. The quantitative estimate of drug-likeness (QED) is 0.320. The summed E-state index contributed by atoms with van der Waals surface area (Å²) in [4.78, 5) is 0. The second-order valence-electron chi connectivity index (χ2n) is 16.3.